The maximum Gasteiger partial charge on any atom is 0.397 e. The molecule has 1 fully saturated rings. The van der Waals surface area contributed by atoms with Gasteiger partial charge in [-0.1, -0.05) is 0 Å². The number of hydrogen-bond donors (Lipinski definition) is 1. The van der Waals surface area contributed by atoms with Crippen molar-refractivity contribution in [3.8, 4) is 0 Å². The van der Waals surface area contributed by atoms with Crippen molar-refractivity contribution in [3.63, 3.8) is 0 Å². The van der Waals surface area contributed by atoms with Gasteiger partial charge in [0.1, 0.15) is 0 Å². The highest BCUT2D eigenvalue weighted by atomic mass is 16.5. The van der Waals surface area contributed by atoms with E-state index in [4.69, 9.17) is 5.73 Å². The van der Waals surface area contributed by atoms with E-state index in [9.17, 15) is 14.4 Å². The molecule has 0 spiro atoms. The SMILES string of the molecule is CCOC(=O)C(=O)N1CCCC(C(N)=O)C1. The number of nitrogens with zero attached hydrogens (tertiary/aromatic N) is 1. The minimum atomic E-state index is -0.868. The van der Waals surface area contributed by atoms with E-state index in [0.717, 1.165) is 0 Å². The minimum Gasteiger partial charge on any atom is -0.459 e. The molecule has 0 radical (unpaired) electrons. The standard InChI is InChI=1S/C10H16N2O4/c1-2-16-10(15)9(14)12-5-3-4-7(6-12)8(11)13/h7H,2-6H2,1H3,(H2,11,13). The fourth-order valence-electron chi connectivity index (χ4n) is 1.72. The van der Waals surface area contributed by atoms with Gasteiger partial charge in [-0.2, -0.15) is 0 Å². The van der Waals surface area contributed by atoms with Gasteiger partial charge in [-0.15, -0.1) is 0 Å². The van der Waals surface area contributed by atoms with Crippen LogP contribution in [0.5, 0.6) is 0 Å². The fraction of sp³-hybridized carbons (Fsp3) is 0.700. The molecule has 1 unspecified atom stereocenters. The van der Waals surface area contributed by atoms with E-state index in [0.29, 0.717) is 19.4 Å². The van der Waals surface area contributed by atoms with Gasteiger partial charge in [0.25, 0.3) is 0 Å². The first kappa shape index (κ1) is 12.5. The molecule has 0 aromatic carbocycles. The highest BCUT2D eigenvalue weighted by molar-refractivity contribution is 6.32. The van der Waals surface area contributed by atoms with Crippen LogP contribution in [0.4, 0.5) is 0 Å². The molecule has 1 saturated heterocycles. The summed E-state index contributed by atoms with van der Waals surface area (Å²) in [5.74, 6) is -2.34. The smallest absolute Gasteiger partial charge is 0.397 e. The summed E-state index contributed by atoms with van der Waals surface area (Å²) in [5.41, 5.74) is 5.17. The fourth-order valence-corrected chi connectivity index (χ4v) is 1.72. The molecule has 6 nitrogen and oxygen atoms in total. The van der Waals surface area contributed by atoms with Crippen molar-refractivity contribution in [2.75, 3.05) is 19.7 Å². The second kappa shape index (κ2) is 5.48. The molecule has 0 bridgehead atoms. The van der Waals surface area contributed by atoms with Crippen molar-refractivity contribution in [3.05, 3.63) is 0 Å². The Morgan fingerprint density at radius 2 is 2.12 bits per heavy atom. The van der Waals surface area contributed by atoms with Crippen molar-refractivity contribution >= 4 is 17.8 Å². The molecule has 1 atom stereocenters. The van der Waals surface area contributed by atoms with Gasteiger partial charge in [0.15, 0.2) is 0 Å². The van der Waals surface area contributed by atoms with Crippen LogP contribution in [0.1, 0.15) is 19.8 Å². The molecule has 0 aromatic heterocycles. The van der Waals surface area contributed by atoms with Gasteiger partial charge in [-0.3, -0.25) is 9.59 Å². The lowest BCUT2D eigenvalue weighted by Crippen LogP contribution is -2.46. The van der Waals surface area contributed by atoms with Crippen LogP contribution in [-0.4, -0.2) is 42.4 Å². The number of nitrogens with two attached hydrogens (primary N) is 1. The van der Waals surface area contributed by atoms with E-state index >= 15 is 0 Å². The van der Waals surface area contributed by atoms with Crippen LogP contribution < -0.4 is 5.73 Å². The zero-order chi connectivity index (χ0) is 12.1. The summed E-state index contributed by atoms with van der Waals surface area (Å²) >= 11 is 0. The van der Waals surface area contributed by atoms with Crippen molar-refractivity contribution in [2.45, 2.75) is 19.8 Å². The molecule has 16 heavy (non-hydrogen) atoms. The van der Waals surface area contributed by atoms with Gasteiger partial charge in [0.2, 0.25) is 5.91 Å². The maximum absolute atomic E-state index is 11.6. The van der Waals surface area contributed by atoms with Gasteiger partial charge in [0.05, 0.1) is 12.5 Å². The first-order chi connectivity index (χ1) is 7.56. The lowest BCUT2D eigenvalue weighted by atomic mass is 9.97. The third kappa shape index (κ3) is 2.95. The van der Waals surface area contributed by atoms with Gasteiger partial charge in [0, 0.05) is 13.1 Å². The zero-order valence-electron chi connectivity index (χ0n) is 9.27. The van der Waals surface area contributed by atoms with Crippen LogP contribution in [0, 0.1) is 5.92 Å². The van der Waals surface area contributed by atoms with Gasteiger partial charge in [-0.05, 0) is 19.8 Å². The molecule has 1 rings (SSSR count). The third-order valence-electron chi connectivity index (χ3n) is 2.56. The number of amides is 2. The maximum atomic E-state index is 11.6. The number of likely N-dealkylation sites (tertiary alicyclic amines) is 1. The lowest BCUT2D eigenvalue weighted by molar-refractivity contribution is -0.161. The molecule has 2 N–H and O–H groups in total. The first-order valence-electron chi connectivity index (χ1n) is 5.31. The molecule has 0 aromatic rings. The molecule has 1 heterocycles. The molecule has 0 aliphatic carbocycles. The number of esters is 1. The van der Waals surface area contributed by atoms with Crippen LogP contribution in [0.15, 0.2) is 0 Å². The quantitative estimate of drug-likeness (QED) is 0.498. The molecular formula is C10H16N2O4. The Morgan fingerprint density at radius 3 is 2.69 bits per heavy atom. The Morgan fingerprint density at radius 1 is 1.44 bits per heavy atom. The van der Waals surface area contributed by atoms with E-state index < -0.39 is 17.8 Å². The van der Waals surface area contributed by atoms with Gasteiger partial charge >= 0.3 is 11.9 Å². The average Bonchev–Trinajstić information content (AvgIpc) is 2.28. The van der Waals surface area contributed by atoms with E-state index in [1.165, 1.54) is 4.90 Å². The average molecular weight is 228 g/mol. The predicted molar refractivity (Wildman–Crippen MR) is 55.1 cm³/mol. The first-order valence-corrected chi connectivity index (χ1v) is 5.31. The predicted octanol–water partition coefficient (Wildman–Crippen LogP) is -0.727. The second-order valence-corrected chi connectivity index (χ2v) is 3.71. The van der Waals surface area contributed by atoms with Crippen LogP contribution in [0.2, 0.25) is 0 Å². The highest BCUT2D eigenvalue weighted by Crippen LogP contribution is 2.16. The Labute approximate surface area is 93.7 Å². The third-order valence-corrected chi connectivity index (χ3v) is 2.56. The summed E-state index contributed by atoms with van der Waals surface area (Å²) in [6.45, 7) is 2.49. The monoisotopic (exact) mass is 228 g/mol. The molecular weight excluding hydrogens is 212 g/mol. The molecule has 0 saturated carbocycles. The summed E-state index contributed by atoms with van der Waals surface area (Å²) in [5, 5.41) is 0. The number of hydrogen-bond acceptors (Lipinski definition) is 4. The highest BCUT2D eigenvalue weighted by Gasteiger charge is 2.30. The molecule has 1 aliphatic rings. The number of primary amides is 1. The van der Waals surface area contributed by atoms with Crippen molar-refractivity contribution in [2.24, 2.45) is 11.7 Å². The van der Waals surface area contributed by atoms with Gasteiger partial charge < -0.3 is 15.4 Å². The van der Waals surface area contributed by atoms with Crippen molar-refractivity contribution in [1.29, 1.82) is 0 Å². The Hall–Kier alpha value is -1.59. The van der Waals surface area contributed by atoms with Crippen molar-refractivity contribution in [1.82, 2.24) is 4.90 Å². The Bertz CT molecular complexity index is 303. The topological polar surface area (TPSA) is 89.7 Å². The summed E-state index contributed by atoms with van der Waals surface area (Å²) in [6.07, 6.45) is 1.35. The van der Waals surface area contributed by atoms with Crippen LogP contribution >= 0.6 is 0 Å². The molecule has 6 heteroatoms. The number of piperidine rings is 1. The number of rotatable bonds is 2. The summed E-state index contributed by atoms with van der Waals surface area (Å²) in [4.78, 5) is 35.1. The van der Waals surface area contributed by atoms with Crippen LogP contribution in [0.3, 0.4) is 0 Å². The Balaban J connectivity index is 2.56. The van der Waals surface area contributed by atoms with E-state index in [-0.39, 0.29) is 19.1 Å². The van der Waals surface area contributed by atoms with E-state index in [1.54, 1.807) is 6.92 Å². The van der Waals surface area contributed by atoms with Crippen LogP contribution in [-0.2, 0) is 19.1 Å². The zero-order valence-corrected chi connectivity index (χ0v) is 9.27. The molecule has 90 valence electrons. The lowest BCUT2D eigenvalue weighted by Gasteiger charge is -2.30. The van der Waals surface area contributed by atoms with Crippen LogP contribution in [0.25, 0.3) is 0 Å². The van der Waals surface area contributed by atoms with E-state index in [1.807, 2.05) is 0 Å². The Kier molecular flexibility index (Phi) is 4.28. The summed E-state index contributed by atoms with van der Waals surface area (Å²) in [7, 11) is 0. The minimum absolute atomic E-state index is 0.164. The number of carbonyl (C=O) groups excluding carboxylic acids is 3. The van der Waals surface area contributed by atoms with E-state index in [2.05, 4.69) is 4.74 Å². The number of ether oxygens (including phenoxy) is 1. The number of carbonyl (C=O) groups is 3. The summed E-state index contributed by atoms with van der Waals surface area (Å²) < 4.78 is 4.61. The molecule has 2 amide bonds. The molecule has 1 aliphatic heterocycles. The largest absolute Gasteiger partial charge is 0.459 e. The van der Waals surface area contributed by atoms with Crippen molar-refractivity contribution < 1.29 is 19.1 Å². The summed E-state index contributed by atoms with van der Waals surface area (Å²) in [6, 6.07) is 0. The van der Waals surface area contributed by atoms with Gasteiger partial charge in [-0.25, -0.2) is 4.79 Å². The normalized spacial score (nSPS) is 20.3. The second-order valence-electron chi connectivity index (χ2n) is 3.71.